The molecule has 0 aliphatic carbocycles. The Hall–Kier alpha value is -3.02. The van der Waals surface area contributed by atoms with E-state index in [0.29, 0.717) is 12.1 Å². The summed E-state index contributed by atoms with van der Waals surface area (Å²) in [5, 5.41) is 6.70. The Bertz CT molecular complexity index is 814. The standard InChI is InChI=1S/C23H33N5O/c1-6-28(21-10-8-7-9-18(21)2)16-15-25-23(24-3)26-17-19-11-13-20(14-12-19)22(29)27(4)5/h7-14H,6,15-17H2,1-5H3,(H2,24,25,26). The van der Waals surface area contributed by atoms with Gasteiger partial charge in [0.25, 0.3) is 5.91 Å². The summed E-state index contributed by atoms with van der Waals surface area (Å²) in [5.41, 5.74) is 4.34. The first-order chi connectivity index (χ1) is 14.0. The van der Waals surface area contributed by atoms with Crippen molar-refractivity contribution < 1.29 is 4.79 Å². The van der Waals surface area contributed by atoms with Gasteiger partial charge in [0.05, 0.1) is 0 Å². The van der Waals surface area contributed by atoms with Gasteiger partial charge in [-0.1, -0.05) is 30.3 Å². The van der Waals surface area contributed by atoms with E-state index in [2.05, 4.69) is 58.6 Å². The summed E-state index contributed by atoms with van der Waals surface area (Å²) >= 11 is 0. The van der Waals surface area contributed by atoms with E-state index in [-0.39, 0.29) is 5.91 Å². The molecule has 0 fully saturated rings. The molecule has 0 saturated carbocycles. The lowest BCUT2D eigenvalue weighted by Gasteiger charge is -2.25. The smallest absolute Gasteiger partial charge is 0.253 e. The Kier molecular flexibility index (Phi) is 8.52. The minimum atomic E-state index is 0.0103. The van der Waals surface area contributed by atoms with Crippen LogP contribution in [0.1, 0.15) is 28.4 Å². The summed E-state index contributed by atoms with van der Waals surface area (Å²) in [6, 6.07) is 16.1. The Morgan fingerprint density at radius 3 is 2.31 bits per heavy atom. The maximum atomic E-state index is 12.0. The first-order valence-corrected chi connectivity index (χ1v) is 10.0. The highest BCUT2D eigenvalue weighted by Crippen LogP contribution is 2.18. The first-order valence-electron chi connectivity index (χ1n) is 10.0. The molecule has 0 spiro atoms. The second-order valence-electron chi connectivity index (χ2n) is 7.12. The van der Waals surface area contributed by atoms with Crippen LogP contribution < -0.4 is 15.5 Å². The Morgan fingerprint density at radius 1 is 1.03 bits per heavy atom. The molecule has 0 aromatic heterocycles. The van der Waals surface area contributed by atoms with Crippen LogP contribution in [0.15, 0.2) is 53.5 Å². The normalized spacial score (nSPS) is 11.1. The fourth-order valence-electron chi connectivity index (χ4n) is 3.11. The van der Waals surface area contributed by atoms with Gasteiger partial charge < -0.3 is 20.4 Å². The minimum Gasteiger partial charge on any atom is -0.370 e. The van der Waals surface area contributed by atoms with Crippen LogP contribution in [0.4, 0.5) is 5.69 Å². The van der Waals surface area contributed by atoms with Crippen molar-refractivity contribution in [2.24, 2.45) is 4.99 Å². The van der Waals surface area contributed by atoms with E-state index in [4.69, 9.17) is 0 Å². The molecule has 0 unspecified atom stereocenters. The molecule has 0 bridgehead atoms. The largest absolute Gasteiger partial charge is 0.370 e. The zero-order valence-electron chi connectivity index (χ0n) is 18.2. The molecule has 2 aromatic carbocycles. The molecule has 6 heteroatoms. The predicted molar refractivity (Wildman–Crippen MR) is 122 cm³/mol. The number of anilines is 1. The molecule has 0 radical (unpaired) electrons. The van der Waals surface area contributed by atoms with Crippen molar-refractivity contribution in [1.82, 2.24) is 15.5 Å². The fourth-order valence-corrected chi connectivity index (χ4v) is 3.11. The predicted octanol–water partition coefficient (Wildman–Crippen LogP) is 2.89. The summed E-state index contributed by atoms with van der Waals surface area (Å²) in [5.74, 6) is 0.774. The highest BCUT2D eigenvalue weighted by molar-refractivity contribution is 5.93. The molecule has 0 heterocycles. The Labute approximate surface area is 174 Å². The van der Waals surface area contributed by atoms with Gasteiger partial charge in [0.1, 0.15) is 0 Å². The van der Waals surface area contributed by atoms with Crippen LogP contribution in [-0.4, -0.2) is 57.5 Å². The number of benzene rings is 2. The third kappa shape index (κ3) is 6.52. The average molecular weight is 396 g/mol. The van der Waals surface area contributed by atoms with Gasteiger partial charge in [-0.15, -0.1) is 0 Å². The molecular formula is C23H33N5O. The van der Waals surface area contributed by atoms with Gasteiger partial charge in [-0.2, -0.15) is 0 Å². The number of carbonyl (C=O) groups is 1. The maximum Gasteiger partial charge on any atom is 0.253 e. The first kappa shape index (κ1) is 22.3. The monoisotopic (exact) mass is 395 g/mol. The lowest BCUT2D eigenvalue weighted by molar-refractivity contribution is 0.0827. The van der Waals surface area contributed by atoms with Crippen LogP contribution in [0, 0.1) is 6.92 Å². The van der Waals surface area contributed by atoms with E-state index in [0.717, 1.165) is 31.2 Å². The van der Waals surface area contributed by atoms with Crippen molar-refractivity contribution in [3.63, 3.8) is 0 Å². The van der Waals surface area contributed by atoms with Crippen molar-refractivity contribution in [3.05, 3.63) is 65.2 Å². The molecule has 0 atom stereocenters. The zero-order chi connectivity index (χ0) is 21.2. The number of likely N-dealkylation sites (N-methyl/N-ethyl adjacent to an activating group) is 1. The zero-order valence-corrected chi connectivity index (χ0v) is 18.2. The fraction of sp³-hybridized carbons (Fsp3) is 0.391. The highest BCUT2D eigenvalue weighted by atomic mass is 16.2. The van der Waals surface area contributed by atoms with Gasteiger partial charge in [0, 0.05) is 58.6 Å². The van der Waals surface area contributed by atoms with E-state index in [1.807, 2.05) is 24.3 Å². The molecule has 0 aliphatic heterocycles. The van der Waals surface area contributed by atoms with Crippen LogP contribution in [0.5, 0.6) is 0 Å². The van der Waals surface area contributed by atoms with E-state index in [9.17, 15) is 4.79 Å². The summed E-state index contributed by atoms with van der Waals surface area (Å²) in [6.07, 6.45) is 0. The van der Waals surface area contributed by atoms with E-state index >= 15 is 0 Å². The van der Waals surface area contributed by atoms with Gasteiger partial charge in [-0.3, -0.25) is 9.79 Å². The second kappa shape index (κ2) is 11.1. The van der Waals surface area contributed by atoms with Crippen LogP contribution >= 0.6 is 0 Å². The number of guanidine groups is 1. The molecule has 156 valence electrons. The van der Waals surface area contributed by atoms with Crippen LogP contribution in [0.2, 0.25) is 0 Å². The number of amides is 1. The number of aliphatic imine (C=N–C) groups is 1. The third-order valence-electron chi connectivity index (χ3n) is 4.80. The van der Waals surface area contributed by atoms with Crippen molar-refractivity contribution in [2.75, 3.05) is 45.7 Å². The van der Waals surface area contributed by atoms with Gasteiger partial charge in [-0.05, 0) is 43.2 Å². The van der Waals surface area contributed by atoms with E-state index < -0.39 is 0 Å². The quantitative estimate of drug-likeness (QED) is 0.533. The number of hydrogen-bond acceptors (Lipinski definition) is 3. The van der Waals surface area contributed by atoms with E-state index in [1.165, 1.54) is 11.3 Å². The van der Waals surface area contributed by atoms with Gasteiger partial charge in [0.15, 0.2) is 5.96 Å². The number of rotatable bonds is 8. The Morgan fingerprint density at radius 2 is 1.72 bits per heavy atom. The maximum absolute atomic E-state index is 12.0. The van der Waals surface area contributed by atoms with Crippen LogP contribution in [-0.2, 0) is 6.54 Å². The van der Waals surface area contributed by atoms with Crippen molar-refractivity contribution in [2.45, 2.75) is 20.4 Å². The third-order valence-corrected chi connectivity index (χ3v) is 4.80. The van der Waals surface area contributed by atoms with Gasteiger partial charge in [-0.25, -0.2) is 0 Å². The number of para-hydroxylation sites is 1. The average Bonchev–Trinajstić information content (AvgIpc) is 2.74. The lowest BCUT2D eigenvalue weighted by atomic mass is 10.1. The molecule has 0 aliphatic rings. The minimum absolute atomic E-state index is 0.0103. The number of hydrogen-bond donors (Lipinski definition) is 2. The topological polar surface area (TPSA) is 60.0 Å². The number of nitrogens with one attached hydrogen (secondary N) is 2. The van der Waals surface area contributed by atoms with Crippen LogP contribution in [0.3, 0.4) is 0 Å². The SMILES string of the molecule is CCN(CCNC(=NC)NCc1ccc(C(=O)N(C)C)cc1)c1ccccc1C. The molecule has 1 amide bonds. The summed E-state index contributed by atoms with van der Waals surface area (Å²) in [6.45, 7) is 7.59. The molecular weight excluding hydrogens is 362 g/mol. The van der Waals surface area contributed by atoms with Gasteiger partial charge >= 0.3 is 0 Å². The highest BCUT2D eigenvalue weighted by Gasteiger charge is 2.08. The van der Waals surface area contributed by atoms with E-state index in [1.54, 1.807) is 26.0 Å². The number of aryl methyl sites for hydroxylation is 1. The molecule has 0 saturated heterocycles. The van der Waals surface area contributed by atoms with Crippen molar-refractivity contribution in [1.29, 1.82) is 0 Å². The number of carbonyl (C=O) groups excluding carboxylic acids is 1. The molecule has 2 N–H and O–H groups in total. The lowest BCUT2D eigenvalue weighted by Crippen LogP contribution is -2.41. The molecule has 29 heavy (non-hydrogen) atoms. The molecule has 2 rings (SSSR count). The van der Waals surface area contributed by atoms with Crippen molar-refractivity contribution >= 4 is 17.6 Å². The summed E-state index contributed by atoms with van der Waals surface area (Å²) in [4.78, 5) is 20.2. The Balaban J connectivity index is 1.83. The molecule has 6 nitrogen and oxygen atoms in total. The number of nitrogens with zero attached hydrogens (tertiary/aromatic N) is 3. The summed E-state index contributed by atoms with van der Waals surface area (Å²) in [7, 11) is 5.28. The second-order valence-corrected chi connectivity index (χ2v) is 7.12. The van der Waals surface area contributed by atoms with Crippen molar-refractivity contribution in [3.8, 4) is 0 Å². The van der Waals surface area contributed by atoms with Gasteiger partial charge in [0.2, 0.25) is 0 Å². The molecule has 2 aromatic rings. The summed E-state index contributed by atoms with van der Waals surface area (Å²) < 4.78 is 0. The van der Waals surface area contributed by atoms with Crippen LogP contribution in [0.25, 0.3) is 0 Å².